The van der Waals surface area contributed by atoms with Crippen LogP contribution in [0.4, 0.5) is 11.5 Å². The number of rotatable bonds is 3. The molecule has 0 saturated carbocycles. The van der Waals surface area contributed by atoms with Crippen molar-refractivity contribution in [2.24, 2.45) is 0 Å². The first-order valence-electron chi connectivity index (χ1n) is 6.59. The van der Waals surface area contributed by atoms with Crippen LogP contribution in [0.3, 0.4) is 0 Å². The highest BCUT2D eigenvalue weighted by Gasteiger charge is 2.20. The first-order valence-corrected chi connectivity index (χ1v) is 7.78. The average molecular weight is 350 g/mol. The van der Waals surface area contributed by atoms with Gasteiger partial charge in [-0.15, -0.1) is 11.3 Å². The number of carbonyl (C=O) groups is 1. The minimum absolute atomic E-state index is 0.0437. The molecule has 2 N–H and O–H groups in total. The smallest absolute Gasteiger partial charge is 0.348 e. The summed E-state index contributed by atoms with van der Waals surface area (Å²) in [5.41, 5.74) is 1.14. The van der Waals surface area contributed by atoms with Gasteiger partial charge >= 0.3 is 5.97 Å². The SMILES string of the molecule is COC(=O)c1sc2ncnc(Nc3cc(Cl)ccc3O)c2c1C. The van der Waals surface area contributed by atoms with Crippen molar-refractivity contribution >= 4 is 50.6 Å². The van der Waals surface area contributed by atoms with E-state index in [4.69, 9.17) is 16.3 Å². The Bertz CT molecular complexity index is 910. The Kier molecular flexibility index (Phi) is 4.06. The van der Waals surface area contributed by atoms with Gasteiger partial charge in [-0.05, 0) is 30.7 Å². The van der Waals surface area contributed by atoms with Gasteiger partial charge in [0.2, 0.25) is 0 Å². The van der Waals surface area contributed by atoms with Crippen LogP contribution in [0.5, 0.6) is 5.75 Å². The second kappa shape index (κ2) is 6.02. The van der Waals surface area contributed by atoms with Crippen LogP contribution in [0.25, 0.3) is 10.2 Å². The highest BCUT2D eigenvalue weighted by Crippen LogP contribution is 2.36. The van der Waals surface area contributed by atoms with E-state index in [1.165, 1.54) is 30.8 Å². The summed E-state index contributed by atoms with van der Waals surface area (Å²) in [6.45, 7) is 1.80. The molecule has 0 amide bonds. The summed E-state index contributed by atoms with van der Waals surface area (Å²) >= 11 is 7.19. The first-order chi connectivity index (χ1) is 11.0. The van der Waals surface area contributed by atoms with E-state index in [0.717, 1.165) is 5.56 Å². The molecule has 8 heteroatoms. The maximum Gasteiger partial charge on any atom is 0.348 e. The van der Waals surface area contributed by atoms with Gasteiger partial charge in [0.15, 0.2) is 0 Å². The molecule has 2 heterocycles. The van der Waals surface area contributed by atoms with E-state index >= 15 is 0 Å². The monoisotopic (exact) mass is 349 g/mol. The molecule has 0 atom stereocenters. The number of halogens is 1. The highest BCUT2D eigenvalue weighted by molar-refractivity contribution is 7.20. The van der Waals surface area contributed by atoms with E-state index < -0.39 is 5.97 Å². The standard InChI is InChI=1S/C15H12ClN3O3S/c1-7-11-13(19-9-5-8(16)3-4-10(9)20)17-6-18-14(11)23-12(7)15(21)22-2/h3-6,20H,1-2H3,(H,17,18,19). The Hall–Kier alpha value is -2.38. The number of carbonyl (C=O) groups excluding carboxylic acids is 1. The summed E-state index contributed by atoms with van der Waals surface area (Å²) < 4.78 is 4.79. The molecular formula is C15H12ClN3O3S. The molecule has 23 heavy (non-hydrogen) atoms. The zero-order chi connectivity index (χ0) is 16.6. The van der Waals surface area contributed by atoms with Gasteiger partial charge in [0, 0.05) is 5.02 Å². The minimum atomic E-state index is -0.415. The molecule has 118 valence electrons. The number of hydrogen-bond acceptors (Lipinski definition) is 7. The van der Waals surface area contributed by atoms with Crippen molar-refractivity contribution in [3.05, 3.63) is 40.0 Å². The molecule has 0 unspecified atom stereocenters. The van der Waals surface area contributed by atoms with Gasteiger partial charge in [-0.1, -0.05) is 11.6 Å². The van der Waals surface area contributed by atoms with Gasteiger partial charge in [-0.2, -0.15) is 0 Å². The molecule has 0 radical (unpaired) electrons. The summed E-state index contributed by atoms with van der Waals surface area (Å²) in [6, 6.07) is 4.67. The van der Waals surface area contributed by atoms with Crippen LogP contribution in [0.1, 0.15) is 15.2 Å². The fraction of sp³-hybridized carbons (Fsp3) is 0.133. The Balaban J connectivity index is 2.13. The summed E-state index contributed by atoms with van der Waals surface area (Å²) in [7, 11) is 1.33. The lowest BCUT2D eigenvalue weighted by molar-refractivity contribution is 0.0605. The number of thiophene rings is 1. The van der Waals surface area contributed by atoms with Gasteiger partial charge in [-0.25, -0.2) is 14.8 Å². The van der Waals surface area contributed by atoms with Crippen LogP contribution in [-0.2, 0) is 4.74 Å². The van der Waals surface area contributed by atoms with Crippen molar-refractivity contribution in [2.75, 3.05) is 12.4 Å². The molecule has 0 spiro atoms. The van der Waals surface area contributed by atoms with Crippen molar-refractivity contribution in [1.82, 2.24) is 9.97 Å². The number of hydrogen-bond donors (Lipinski definition) is 2. The van der Waals surface area contributed by atoms with Crippen molar-refractivity contribution in [2.45, 2.75) is 6.92 Å². The van der Waals surface area contributed by atoms with Crippen LogP contribution < -0.4 is 5.32 Å². The summed E-state index contributed by atoms with van der Waals surface area (Å²) in [6.07, 6.45) is 1.39. The number of nitrogens with one attached hydrogen (secondary N) is 1. The van der Waals surface area contributed by atoms with E-state index in [0.29, 0.717) is 31.6 Å². The number of methoxy groups -OCH3 is 1. The fourth-order valence-electron chi connectivity index (χ4n) is 2.19. The van der Waals surface area contributed by atoms with Gasteiger partial charge in [0.05, 0.1) is 18.2 Å². The van der Waals surface area contributed by atoms with Crippen molar-refractivity contribution in [3.8, 4) is 5.75 Å². The number of phenols is 1. The van der Waals surface area contributed by atoms with Gasteiger partial charge in [0.1, 0.15) is 27.6 Å². The lowest BCUT2D eigenvalue weighted by atomic mass is 10.2. The predicted molar refractivity (Wildman–Crippen MR) is 89.9 cm³/mol. The molecule has 3 rings (SSSR count). The molecule has 0 bridgehead atoms. The number of esters is 1. The summed E-state index contributed by atoms with van der Waals surface area (Å²) in [4.78, 5) is 21.4. The second-order valence-corrected chi connectivity index (χ2v) is 6.17. The molecule has 6 nitrogen and oxygen atoms in total. The van der Waals surface area contributed by atoms with E-state index in [1.54, 1.807) is 19.1 Å². The molecule has 0 aliphatic heterocycles. The van der Waals surface area contributed by atoms with Crippen LogP contribution in [0.2, 0.25) is 5.02 Å². The first kappa shape index (κ1) is 15.5. The Morgan fingerprint density at radius 3 is 2.91 bits per heavy atom. The molecule has 0 fully saturated rings. The zero-order valence-corrected chi connectivity index (χ0v) is 13.8. The third-order valence-electron chi connectivity index (χ3n) is 3.31. The van der Waals surface area contributed by atoms with E-state index in [2.05, 4.69) is 15.3 Å². The topological polar surface area (TPSA) is 84.3 Å². The van der Waals surface area contributed by atoms with Crippen molar-refractivity contribution < 1.29 is 14.6 Å². The number of aromatic hydroxyl groups is 1. The second-order valence-electron chi connectivity index (χ2n) is 4.74. The molecule has 3 aromatic rings. The predicted octanol–water partition coefficient (Wildman–Crippen LogP) is 3.89. The van der Waals surface area contributed by atoms with E-state index in [1.807, 2.05) is 0 Å². The lowest BCUT2D eigenvalue weighted by Crippen LogP contribution is -2.00. The Labute approximate surface area is 140 Å². The van der Waals surface area contributed by atoms with Crippen LogP contribution in [0.15, 0.2) is 24.5 Å². The molecule has 0 aliphatic rings. The fourth-order valence-corrected chi connectivity index (χ4v) is 3.43. The normalized spacial score (nSPS) is 10.7. The maximum atomic E-state index is 11.8. The zero-order valence-electron chi connectivity index (χ0n) is 12.3. The Morgan fingerprint density at radius 2 is 2.17 bits per heavy atom. The molecular weight excluding hydrogens is 338 g/mol. The largest absolute Gasteiger partial charge is 0.506 e. The number of aromatic nitrogens is 2. The third kappa shape index (κ3) is 2.80. The number of aryl methyl sites for hydroxylation is 1. The number of nitrogens with zero attached hydrogens (tertiary/aromatic N) is 2. The number of anilines is 2. The highest BCUT2D eigenvalue weighted by atomic mass is 35.5. The number of ether oxygens (including phenoxy) is 1. The maximum absolute atomic E-state index is 11.8. The van der Waals surface area contributed by atoms with Crippen LogP contribution >= 0.6 is 22.9 Å². The number of phenolic OH excluding ortho intramolecular Hbond substituents is 1. The summed E-state index contributed by atoms with van der Waals surface area (Å²) in [5, 5.41) is 14.2. The van der Waals surface area contributed by atoms with Crippen molar-refractivity contribution in [3.63, 3.8) is 0 Å². The van der Waals surface area contributed by atoms with Crippen molar-refractivity contribution in [1.29, 1.82) is 0 Å². The minimum Gasteiger partial charge on any atom is -0.506 e. The Morgan fingerprint density at radius 1 is 1.39 bits per heavy atom. The summed E-state index contributed by atoms with van der Waals surface area (Å²) in [5.74, 6) is 0.112. The van der Waals surface area contributed by atoms with E-state index in [-0.39, 0.29) is 5.75 Å². The quantitative estimate of drug-likeness (QED) is 0.551. The van der Waals surface area contributed by atoms with Gasteiger partial charge in [-0.3, -0.25) is 0 Å². The van der Waals surface area contributed by atoms with Crippen LogP contribution in [0, 0.1) is 6.92 Å². The molecule has 0 saturated heterocycles. The number of fused-ring (bicyclic) bond motifs is 1. The average Bonchev–Trinajstić information content (AvgIpc) is 2.88. The van der Waals surface area contributed by atoms with E-state index in [9.17, 15) is 9.90 Å². The van der Waals surface area contributed by atoms with Gasteiger partial charge < -0.3 is 15.2 Å². The van der Waals surface area contributed by atoms with Gasteiger partial charge in [0.25, 0.3) is 0 Å². The molecule has 1 aromatic carbocycles. The molecule has 2 aromatic heterocycles. The van der Waals surface area contributed by atoms with Crippen LogP contribution in [-0.4, -0.2) is 28.2 Å². The molecule has 0 aliphatic carbocycles. The number of benzene rings is 1. The third-order valence-corrected chi connectivity index (χ3v) is 4.72. The lowest BCUT2D eigenvalue weighted by Gasteiger charge is -2.09.